The summed E-state index contributed by atoms with van der Waals surface area (Å²) in [6.07, 6.45) is 6.15. The Labute approximate surface area is 187 Å². The number of aromatic nitrogens is 2. The lowest BCUT2D eigenvalue weighted by molar-refractivity contribution is -0.136. The van der Waals surface area contributed by atoms with Gasteiger partial charge in [-0.2, -0.15) is 5.10 Å². The van der Waals surface area contributed by atoms with Crippen LogP contribution in [0.4, 0.5) is 15.8 Å². The van der Waals surface area contributed by atoms with Crippen molar-refractivity contribution in [1.82, 2.24) is 9.78 Å². The molecule has 0 saturated carbocycles. The molecule has 32 heavy (non-hydrogen) atoms. The number of nitrogens with one attached hydrogen (secondary N) is 1. The third-order valence-electron chi connectivity index (χ3n) is 6.12. The molecule has 0 aliphatic carbocycles. The fraction of sp³-hybridized carbons (Fsp3) is 0.360. The highest BCUT2D eigenvalue weighted by Gasteiger charge is 2.20. The second-order valence-corrected chi connectivity index (χ2v) is 8.27. The molecule has 1 aromatic heterocycles. The van der Waals surface area contributed by atoms with Gasteiger partial charge in [-0.1, -0.05) is 18.2 Å². The van der Waals surface area contributed by atoms with Gasteiger partial charge in [0.25, 0.3) is 0 Å². The van der Waals surface area contributed by atoms with Gasteiger partial charge in [-0.15, -0.1) is 0 Å². The molecule has 0 atom stereocenters. The normalized spacial score (nSPS) is 13.1. The molecule has 2 aromatic carbocycles. The van der Waals surface area contributed by atoms with Gasteiger partial charge in [-0.25, -0.2) is 4.39 Å². The molecule has 4 rings (SSSR count). The van der Waals surface area contributed by atoms with Crippen LogP contribution in [0.3, 0.4) is 0 Å². The number of nitrogens with zero attached hydrogens (tertiary/aromatic N) is 3. The van der Waals surface area contributed by atoms with E-state index in [2.05, 4.69) is 34.4 Å². The van der Waals surface area contributed by atoms with Gasteiger partial charge in [0.2, 0.25) is 0 Å². The smallest absolute Gasteiger partial charge is 0.303 e. The van der Waals surface area contributed by atoms with E-state index < -0.39 is 5.97 Å². The summed E-state index contributed by atoms with van der Waals surface area (Å²) >= 11 is 0. The Morgan fingerprint density at radius 3 is 2.81 bits per heavy atom. The third kappa shape index (κ3) is 5.10. The van der Waals surface area contributed by atoms with Gasteiger partial charge in [0, 0.05) is 49.8 Å². The van der Waals surface area contributed by atoms with Crippen LogP contribution in [0.2, 0.25) is 0 Å². The number of carboxylic acids is 1. The number of rotatable bonds is 9. The Bertz CT molecular complexity index is 1080. The minimum Gasteiger partial charge on any atom is -0.481 e. The number of carbonyl (C=O) groups is 1. The predicted octanol–water partition coefficient (Wildman–Crippen LogP) is 4.41. The van der Waals surface area contributed by atoms with Crippen LogP contribution >= 0.6 is 0 Å². The quantitative estimate of drug-likeness (QED) is 0.520. The molecule has 1 aliphatic rings. The zero-order valence-corrected chi connectivity index (χ0v) is 18.4. The van der Waals surface area contributed by atoms with Crippen LogP contribution in [0.25, 0.3) is 0 Å². The van der Waals surface area contributed by atoms with Gasteiger partial charge in [-0.3, -0.25) is 9.48 Å². The second-order valence-electron chi connectivity index (χ2n) is 8.27. The standard InChI is InChI=1S/C25H29FN4O2/c1-18-21(17-27-22-9-7-19(23(26)16-22)8-10-24(31)32)6-5-20-4-2-12-29(25(18)20)14-15-30-13-3-11-28-30/h3,5-7,9,11,13,16,27H,2,4,8,10,12,14-15,17H2,1H3,(H,31,32). The first-order valence-corrected chi connectivity index (χ1v) is 11.1. The minimum atomic E-state index is -0.923. The van der Waals surface area contributed by atoms with Crippen molar-refractivity contribution in [1.29, 1.82) is 0 Å². The Kier molecular flexibility index (Phi) is 6.73. The summed E-state index contributed by atoms with van der Waals surface area (Å²) < 4.78 is 16.3. The van der Waals surface area contributed by atoms with Crippen LogP contribution in [-0.2, 0) is 30.7 Å². The maximum absolute atomic E-state index is 14.3. The highest BCUT2D eigenvalue weighted by atomic mass is 19.1. The SMILES string of the molecule is Cc1c(CNc2ccc(CCC(=O)O)c(F)c2)ccc2c1N(CCn1cccn1)CCC2. The van der Waals surface area contributed by atoms with E-state index in [0.29, 0.717) is 17.8 Å². The molecule has 3 aromatic rings. The molecule has 0 fully saturated rings. The van der Waals surface area contributed by atoms with Crippen LogP contribution in [-0.4, -0.2) is 33.9 Å². The first-order valence-electron chi connectivity index (χ1n) is 11.1. The van der Waals surface area contributed by atoms with E-state index in [4.69, 9.17) is 5.11 Å². The zero-order chi connectivity index (χ0) is 22.5. The van der Waals surface area contributed by atoms with Gasteiger partial charge in [0.1, 0.15) is 5.82 Å². The van der Waals surface area contributed by atoms with Crippen molar-refractivity contribution in [3.05, 3.63) is 76.9 Å². The maximum Gasteiger partial charge on any atom is 0.303 e. The number of benzene rings is 2. The van der Waals surface area contributed by atoms with E-state index in [1.54, 1.807) is 12.3 Å². The van der Waals surface area contributed by atoms with E-state index in [1.807, 2.05) is 23.0 Å². The highest BCUT2D eigenvalue weighted by Crippen LogP contribution is 2.33. The van der Waals surface area contributed by atoms with Crippen molar-refractivity contribution in [2.45, 2.75) is 45.7 Å². The highest BCUT2D eigenvalue weighted by molar-refractivity contribution is 5.67. The van der Waals surface area contributed by atoms with E-state index in [-0.39, 0.29) is 18.7 Å². The zero-order valence-electron chi connectivity index (χ0n) is 18.4. The topological polar surface area (TPSA) is 70.4 Å². The first-order chi connectivity index (χ1) is 15.5. The molecule has 7 heteroatoms. The molecule has 0 unspecified atom stereocenters. The number of hydrogen-bond donors (Lipinski definition) is 2. The van der Waals surface area contributed by atoms with Crippen molar-refractivity contribution in [3.8, 4) is 0 Å². The summed E-state index contributed by atoms with van der Waals surface area (Å²) in [5.41, 5.74) is 6.26. The number of fused-ring (bicyclic) bond motifs is 1. The van der Waals surface area contributed by atoms with Gasteiger partial charge in [-0.05, 0) is 66.6 Å². The number of halogens is 1. The lowest BCUT2D eigenvalue weighted by Gasteiger charge is -2.34. The van der Waals surface area contributed by atoms with Crippen molar-refractivity contribution in [2.75, 3.05) is 23.3 Å². The number of aliphatic carboxylic acids is 1. The maximum atomic E-state index is 14.3. The average Bonchev–Trinajstić information content (AvgIpc) is 3.30. The molecule has 2 N–H and O–H groups in total. The lowest BCUT2D eigenvalue weighted by atomic mass is 9.94. The third-order valence-corrected chi connectivity index (χ3v) is 6.12. The average molecular weight is 437 g/mol. The summed E-state index contributed by atoms with van der Waals surface area (Å²) in [5.74, 6) is -1.30. The van der Waals surface area contributed by atoms with Crippen LogP contribution in [0.1, 0.15) is 35.1 Å². The first kappa shape index (κ1) is 21.9. The lowest BCUT2D eigenvalue weighted by Crippen LogP contribution is -2.33. The van der Waals surface area contributed by atoms with Gasteiger partial charge in [0.05, 0.1) is 6.54 Å². The summed E-state index contributed by atoms with van der Waals surface area (Å²) in [5, 5.41) is 16.4. The van der Waals surface area contributed by atoms with Crippen LogP contribution in [0.5, 0.6) is 0 Å². The molecule has 1 aliphatic heterocycles. The van der Waals surface area contributed by atoms with Crippen molar-refractivity contribution >= 4 is 17.3 Å². The molecular formula is C25H29FN4O2. The Hall–Kier alpha value is -3.35. The van der Waals surface area contributed by atoms with Crippen molar-refractivity contribution in [2.24, 2.45) is 0 Å². The Balaban J connectivity index is 1.45. The van der Waals surface area contributed by atoms with E-state index >= 15 is 0 Å². The van der Waals surface area contributed by atoms with Gasteiger partial charge < -0.3 is 15.3 Å². The largest absolute Gasteiger partial charge is 0.481 e. The molecule has 6 nitrogen and oxygen atoms in total. The van der Waals surface area contributed by atoms with Crippen molar-refractivity contribution < 1.29 is 14.3 Å². The van der Waals surface area contributed by atoms with E-state index in [1.165, 1.54) is 28.4 Å². The molecule has 0 saturated heterocycles. The number of aryl methyl sites for hydroxylation is 2. The van der Waals surface area contributed by atoms with E-state index in [9.17, 15) is 9.18 Å². The summed E-state index contributed by atoms with van der Waals surface area (Å²) in [4.78, 5) is 13.2. The fourth-order valence-electron chi connectivity index (χ4n) is 4.38. The molecule has 0 bridgehead atoms. The summed E-state index contributed by atoms with van der Waals surface area (Å²) in [6.45, 7) is 5.56. The molecule has 0 spiro atoms. The van der Waals surface area contributed by atoms with Crippen molar-refractivity contribution in [3.63, 3.8) is 0 Å². The van der Waals surface area contributed by atoms with Crippen LogP contribution in [0, 0.1) is 12.7 Å². The fourth-order valence-corrected chi connectivity index (χ4v) is 4.38. The van der Waals surface area contributed by atoms with Crippen LogP contribution in [0.15, 0.2) is 48.8 Å². The summed E-state index contributed by atoms with van der Waals surface area (Å²) in [6, 6.07) is 11.2. The molecular weight excluding hydrogens is 407 g/mol. The second kappa shape index (κ2) is 9.85. The Morgan fingerprint density at radius 1 is 1.22 bits per heavy atom. The van der Waals surface area contributed by atoms with Crippen LogP contribution < -0.4 is 10.2 Å². The van der Waals surface area contributed by atoms with Gasteiger partial charge >= 0.3 is 5.97 Å². The molecule has 0 amide bonds. The number of hydrogen-bond acceptors (Lipinski definition) is 4. The van der Waals surface area contributed by atoms with E-state index in [0.717, 1.165) is 32.5 Å². The molecule has 168 valence electrons. The predicted molar refractivity (Wildman–Crippen MR) is 124 cm³/mol. The number of anilines is 2. The number of carboxylic acid groups (broad SMARTS) is 1. The van der Waals surface area contributed by atoms with Gasteiger partial charge in [0.15, 0.2) is 0 Å². The monoisotopic (exact) mass is 436 g/mol. The minimum absolute atomic E-state index is 0.0745. The summed E-state index contributed by atoms with van der Waals surface area (Å²) in [7, 11) is 0. The molecule has 2 heterocycles. The Morgan fingerprint density at radius 2 is 2.06 bits per heavy atom. The molecule has 0 radical (unpaired) electrons.